The first kappa shape index (κ1) is 14.9. The summed E-state index contributed by atoms with van der Waals surface area (Å²) < 4.78 is 19.9. The fraction of sp³-hybridized carbons (Fsp3) is 0.647. The number of nitrogens with zero attached hydrogens (tertiary/aromatic N) is 1. The van der Waals surface area contributed by atoms with Crippen LogP contribution in [0.3, 0.4) is 0 Å². The Morgan fingerprint density at radius 1 is 1.29 bits per heavy atom. The van der Waals surface area contributed by atoms with E-state index >= 15 is 0 Å². The van der Waals surface area contributed by atoms with Crippen LogP contribution in [0.4, 0.5) is 4.39 Å². The summed E-state index contributed by atoms with van der Waals surface area (Å²) in [5.74, 6) is -0.0897. The normalized spacial score (nSPS) is 25.4. The Morgan fingerprint density at radius 3 is 2.76 bits per heavy atom. The summed E-state index contributed by atoms with van der Waals surface area (Å²) in [5.41, 5.74) is 1.98. The van der Waals surface area contributed by atoms with Crippen molar-refractivity contribution in [1.82, 2.24) is 10.2 Å². The molecule has 3 rings (SSSR count). The minimum atomic E-state index is -0.0897. The number of morpholine rings is 1. The summed E-state index contributed by atoms with van der Waals surface area (Å²) in [7, 11) is 0. The molecule has 2 saturated heterocycles. The Morgan fingerprint density at radius 2 is 2.05 bits per heavy atom. The molecule has 0 aromatic heterocycles. The van der Waals surface area contributed by atoms with Crippen LogP contribution in [-0.2, 0) is 17.8 Å². The van der Waals surface area contributed by atoms with E-state index in [0.717, 1.165) is 56.6 Å². The molecular weight excluding hydrogens is 267 g/mol. The van der Waals surface area contributed by atoms with Crippen molar-refractivity contribution in [3.63, 3.8) is 0 Å². The third-order valence-electron chi connectivity index (χ3n) is 4.38. The molecule has 2 atom stereocenters. The predicted molar refractivity (Wildman–Crippen MR) is 81.6 cm³/mol. The monoisotopic (exact) mass is 292 g/mol. The van der Waals surface area contributed by atoms with Crippen LogP contribution in [0, 0.1) is 5.82 Å². The standard InChI is InChI=1S/C17H25FN2O/c1-2-7-19-9-13-3-6-17(18)14(8-13)10-20-11-15-4-5-16(12-20)21-15/h3,6,8,15-16,19H,2,4-5,7,9-12H2,1H3. The van der Waals surface area contributed by atoms with Gasteiger partial charge in [-0.2, -0.15) is 0 Å². The highest BCUT2D eigenvalue weighted by Gasteiger charge is 2.33. The maximum atomic E-state index is 14.0. The van der Waals surface area contributed by atoms with Gasteiger partial charge in [0.25, 0.3) is 0 Å². The molecule has 1 aromatic rings. The van der Waals surface area contributed by atoms with Crippen LogP contribution in [0.2, 0.25) is 0 Å². The number of hydrogen-bond acceptors (Lipinski definition) is 3. The van der Waals surface area contributed by atoms with E-state index in [2.05, 4.69) is 17.1 Å². The minimum absolute atomic E-state index is 0.0897. The van der Waals surface area contributed by atoms with E-state index in [4.69, 9.17) is 4.74 Å². The number of hydrogen-bond donors (Lipinski definition) is 1. The number of halogens is 1. The van der Waals surface area contributed by atoms with Gasteiger partial charge in [0, 0.05) is 31.7 Å². The van der Waals surface area contributed by atoms with Crippen LogP contribution < -0.4 is 5.32 Å². The minimum Gasteiger partial charge on any atom is -0.372 e. The molecule has 1 N–H and O–H groups in total. The van der Waals surface area contributed by atoms with Gasteiger partial charge in [0.15, 0.2) is 0 Å². The van der Waals surface area contributed by atoms with Crippen molar-refractivity contribution in [1.29, 1.82) is 0 Å². The molecule has 4 heteroatoms. The van der Waals surface area contributed by atoms with E-state index in [-0.39, 0.29) is 5.82 Å². The number of fused-ring (bicyclic) bond motifs is 2. The predicted octanol–water partition coefficient (Wildman–Crippen LogP) is 2.69. The molecule has 0 radical (unpaired) electrons. The number of ether oxygens (including phenoxy) is 1. The van der Waals surface area contributed by atoms with Crippen molar-refractivity contribution in [2.45, 2.75) is 51.5 Å². The number of nitrogens with one attached hydrogen (secondary N) is 1. The summed E-state index contributed by atoms with van der Waals surface area (Å²) in [4.78, 5) is 2.34. The third kappa shape index (κ3) is 3.82. The second kappa shape index (κ2) is 6.86. The van der Waals surface area contributed by atoms with Crippen LogP contribution in [0.5, 0.6) is 0 Å². The lowest BCUT2D eigenvalue weighted by atomic mass is 10.1. The highest BCUT2D eigenvalue weighted by molar-refractivity contribution is 5.25. The van der Waals surface area contributed by atoms with E-state index in [1.54, 1.807) is 6.07 Å². The Bertz CT molecular complexity index is 468. The molecule has 2 fully saturated rings. The average Bonchev–Trinajstić information content (AvgIpc) is 2.82. The van der Waals surface area contributed by atoms with Gasteiger partial charge in [0.1, 0.15) is 5.82 Å². The van der Waals surface area contributed by atoms with Gasteiger partial charge >= 0.3 is 0 Å². The van der Waals surface area contributed by atoms with Crippen molar-refractivity contribution in [2.24, 2.45) is 0 Å². The Kier molecular flexibility index (Phi) is 4.88. The van der Waals surface area contributed by atoms with Crippen molar-refractivity contribution in [3.8, 4) is 0 Å². The lowest BCUT2D eigenvalue weighted by molar-refractivity contribution is -0.0413. The molecule has 0 saturated carbocycles. The Balaban J connectivity index is 1.62. The van der Waals surface area contributed by atoms with Gasteiger partial charge in [0.2, 0.25) is 0 Å². The van der Waals surface area contributed by atoms with Gasteiger partial charge in [0.05, 0.1) is 12.2 Å². The van der Waals surface area contributed by atoms with Gasteiger partial charge < -0.3 is 10.1 Å². The maximum Gasteiger partial charge on any atom is 0.127 e. The van der Waals surface area contributed by atoms with Crippen LogP contribution >= 0.6 is 0 Å². The Labute approximate surface area is 126 Å². The highest BCUT2D eigenvalue weighted by atomic mass is 19.1. The molecule has 2 bridgehead atoms. The molecule has 2 aliphatic heterocycles. The Hall–Kier alpha value is -0.970. The zero-order valence-corrected chi connectivity index (χ0v) is 12.8. The van der Waals surface area contributed by atoms with Crippen LogP contribution in [0.25, 0.3) is 0 Å². The lowest BCUT2D eigenvalue weighted by Crippen LogP contribution is -2.42. The van der Waals surface area contributed by atoms with E-state index in [1.807, 2.05) is 12.1 Å². The SMILES string of the molecule is CCCNCc1ccc(F)c(CN2CC3CCC(C2)O3)c1. The van der Waals surface area contributed by atoms with Gasteiger partial charge in [-0.3, -0.25) is 4.90 Å². The number of benzene rings is 1. The van der Waals surface area contributed by atoms with Crippen LogP contribution in [-0.4, -0.2) is 36.7 Å². The first-order valence-corrected chi connectivity index (χ1v) is 8.10. The molecule has 0 spiro atoms. The van der Waals surface area contributed by atoms with Crippen molar-refractivity contribution in [3.05, 3.63) is 35.1 Å². The largest absolute Gasteiger partial charge is 0.372 e. The first-order valence-electron chi connectivity index (χ1n) is 8.10. The second-order valence-corrected chi connectivity index (χ2v) is 6.25. The van der Waals surface area contributed by atoms with Crippen molar-refractivity contribution < 1.29 is 9.13 Å². The second-order valence-electron chi connectivity index (χ2n) is 6.25. The van der Waals surface area contributed by atoms with Crippen molar-refractivity contribution >= 4 is 0 Å². The molecule has 1 aromatic carbocycles. The zero-order valence-electron chi connectivity index (χ0n) is 12.8. The van der Waals surface area contributed by atoms with Gasteiger partial charge in [-0.15, -0.1) is 0 Å². The van der Waals surface area contributed by atoms with Gasteiger partial charge in [-0.25, -0.2) is 4.39 Å². The molecule has 2 unspecified atom stereocenters. The van der Waals surface area contributed by atoms with Crippen LogP contribution in [0.1, 0.15) is 37.3 Å². The molecule has 21 heavy (non-hydrogen) atoms. The molecule has 3 nitrogen and oxygen atoms in total. The molecule has 0 amide bonds. The summed E-state index contributed by atoms with van der Waals surface area (Å²) in [6.07, 6.45) is 4.15. The fourth-order valence-electron chi connectivity index (χ4n) is 3.34. The summed E-state index contributed by atoms with van der Waals surface area (Å²) in [5, 5.41) is 3.37. The van der Waals surface area contributed by atoms with Crippen molar-refractivity contribution in [2.75, 3.05) is 19.6 Å². The van der Waals surface area contributed by atoms with E-state index < -0.39 is 0 Å². The van der Waals surface area contributed by atoms with E-state index in [9.17, 15) is 4.39 Å². The van der Waals surface area contributed by atoms with Gasteiger partial charge in [-0.05, 0) is 37.4 Å². The summed E-state index contributed by atoms with van der Waals surface area (Å²) >= 11 is 0. The van der Waals surface area contributed by atoms with Gasteiger partial charge in [-0.1, -0.05) is 19.1 Å². The highest BCUT2D eigenvalue weighted by Crippen LogP contribution is 2.27. The molecule has 116 valence electrons. The third-order valence-corrected chi connectivity index (χ3v) is 4.38. The molecule has 2 heterocycles. The lowest BCUT2D eigenvalue weighted by Gasteiger charge is -2.32. The molecule has 2 aliphatic rings. The maximum absolute atomic E-state index is 14.0. The zero-order chi connectivity index (χ0) is 14.7. The number of rotatable bonds is 6. The topological polar surface area (TPSA) is 24.5 Å². The summed E-state index contributed by atoms with van der Waals surface area (Å²) in [6, 6.07) is 5.49. The molecule has 0 aliphatic carbocycles. The molecular formula is C17H25FN2O. The smallest absolute Gasteiger partial charge is 0.127 e. The number of likely N-dealkylation sites (tertiary alicyclic amines) is 1. The van der Waals surface area contributed by atoms with E-state index in [1.165, 1.54) is 0 Å². The average molecular weight is 292 g/mol. The quantitative estimate of drug-likeness (QED) is 0.816. The summed E-state index contributed by atoms with van der Waals surface area (Å²) in [6.45, 7) is 6.54. The first-order chi connectivity index (χ1) is 10.2. The van der Waals surface area contributed by atoms with Crippen LogP contribution in [0.15, 0.2) is 18.2 Å². The fourth-order valence-corrected chi connectivity index (χ4v) is 3.34. The van der Waals surface area contributed by atoms with E-state index in [0.29, 0.717) is 18.8 Å².